The van der Waals surface area contributed by atoms with E-state index in [1.807, 2.05) is 19.1 Å². The molecule has 0 radical (unpaired) electrons. The van der Waals surface area contributed by atoms with Crippen molar-refractivity contribution in [2.45, 2.75) is 19.8 Å². The topological polar surface area (TPSA) is 47.9 Å². The maximum absolute atomic E-state index is 6.25. The Morgan fingerprint density at radius 2 is 2.00 bits per heavy atom. The van der Waals surface area contributed by atoms with Crippen molar-refractivity contribution in [3.8, 4) is 11.3 Å². The Kier molecular flexibility index (Phi) is 5.29. The summed E-state index contributed by atoms with van der Waals surface area (Å²) in [5, 5.41) is 9.22. The molecular weight excluding hydrogens is 297 g/mol. The molecule has 6 heteroatoms. The quantitative estimate of drug-likeness (QED) is 0.789. The van der Waals surface area contributed by atoms with Crippen LogP contribution in [0, 0.1) is 6.92 Å². The van der Waals surface area contributed by atoms with Crippen LogP contribution in [0.2, 0.25) is 10.0 Å². The third-order valence-corrected chi connectivity index (χ3v) is 3.65. The van der Waals surface area contributed by atoms with Crippen LogP contribution < -0.4 is 0 Å². The largest absolute Gasteiger partial charge is 0.385 e. The van der Waals surface area contributed by atoms with Gasteiger partial charge in [0.25, 0.3) is 0 Å². The normalized spacial score (nSPS) is 10.8. The molecule has 0 N–H and O–H groups in total. The van der Waals surface area contributed by atoms with E-state index in [0.29, 0.717) is 28.2 Å². The standard InChI is InChI=1S/C14H15Cl2N3O/c1-9-17-12(7-4-8-20-2)14(19-18-9)10-5-3-6-11(15)13(10)16/h3,5-6H,4,7-8H2,1-2H3. The monoisotopic (exact) mass is 311 g/mol. The van der Waals surface area contributed by atoms with Crippen LogP contribution in [0.4, 0.5) is 0 Å². The molecule has 1 heterocycles. The average molecular weight is 312 g/mol. The highest BCUT2D eigenvalue weighted by Gasteiger charge is 2.14. The Balaban J connectivity index is 2.42. The predicted molar refractivity (Wildman–Crippen MR) is 80.2 cm³/mol. The molecule has 0 saturated carbocycles. The molecule has 0 atom stereocenters. The van der Waals surface area contributed by atoms with Crippen molar-refractivity contribution in [3.05, 3.63) is 39.8 Å². The number of ether oxygens (including phenoxy) is 1. The van der Waals surface area contributed by atoms with Gasteiger partial charge in [-0.15, -0.1) is 10.2 Å². The van der Waals surface area contributed by atoms with Gasteiger partial charge in [-0.1, -0.05) is 35.3 Å². The fraction of sp³-hybridized carbons (Fsp3) is 0.357. The number of aromatic nitrogens is 3. The van der Waals surface area contributed by atoms with Gasteiger partial charge in [0.15, 0.2) is 0 Å². The Hall–Kier alpha value is -1.23. The van der Waals surface area contributed by atoms with Crippen molar-refractivity contribution < 1.29 is 4.74 Å². The molecule has 0 aliphatic carbocycles. The lowest BCUT2D eigenvalue weighted by Gasteiger charge is -2.10. The molecule has 1 aromatic carbocycles. The molecule has 0 amide bonds. The average Bonchev–Trinajstić information content (AvgIpc) is 2.43. The minimum atomic E-state index is 0.474. The molecule has 0 spiro atoms. The summed E-state index contributed by atoms with van der Waals surface area (Å²) in [5.74, 6) is 0.638. The minimum absolute atomic E-state index is 0.474. The first-order valence-electron chi connectivity index (χ1n) is 6.27. The lowest BCUT2D eigenvalue weighted by molar-refractivity contribution is 0.195. The smallest absolute Gasteiger partial charge is 0.148 e. The molecule has 1 aromatic heterocycles. The van der Waals surface area contributed by atoms with E-state index in [0.717, 1.165) is 24.1 Å². The summed E-state index contributed by atoms with van der Waals surface area (Å²) in [6, 6.07) is 5.45. The van der Waals surface area contributed by atoms with Gasteiger partial charge in [-0.05, 0) is 25.8 Å². The molecule has 0 fully saturated rings. The lowest BCUT2D eigenvalue weighted by atomic mass is 10.1. The summed E-state index contributed by atoms with van der Waals surface area (Å²) in [6.07, 6.45) is 1.61. The highest BCUT2D eigenvalue weighted by Crippen LogP contribution is 2.33. The van der Waals surface area contributed by atoms with Crippen LogP contribution in [-0.2, 0) is 11.2 Å². The molecule has 20 heavy (non-hydrogen) atoms. The maximum atomic E-state index is 6.25. The number of benzene rings is 1. The lowest BCUT2D eigenvalue weighted by Crippen LogP contribution is -2.04. The molecule has 106 valence electrons. The molecule has 0 saturated heterocycles. The molecule has 2 aromatic rings. The van der Waals surface area contributed by atoms with Gasteiger partial charge in [0.2, 0.25) is 0 Å². The predicted octanol–water partition coefficient (Wildman–Crippen LogP) is 3.73. The van der Waals surface area contributed by atoms with E-state index in [1.165, 1.54) is 0 Å². The van der Waals surface area contributed by atoms with Crippen molar-refractivity contribution in [3.63, 3.8) is 0 Å². The van der Waals surface area contributed by atoms with Crippen LogP contribution >= 0.6 is 23.2 Å². The van der Waals surface area contributed by atoms with Gasteiger partial charge in [-0.2, -0.15) is 0 Å². The van der Waals surface area contributed by atoms with Gasteiger partial charge >= 0.3 is 0 Å². The SMILES string of the molecule is COCCCc1nc(C)nnc1-c1cccc(Cl)c1Cl. The number of hydrogen-bond donors (Lipinski definition) is 0. The van der Waals surface area contributed by atoms with Gasteiger partial charge in [-0.25, -0.2) is 4.98 Å². The zero-order valence-electron chi connectivity index (χ0n) is 11.4. The van der Waals surface area contributed by atoms with Gasteiger partial charge in [0.1, 0.15) is 11.5 Å². The number of hydrogen-bond acceptors (Lipinski definition) is 4. The summed E-state index contributed by atoms with van der Waals surface area (Å²) in [7, 11) is 1.68. The molecule has 0 aliphatic heterocycles. The van der Waals surface area contributed by atoms with E-state index in [9.17, 15) is 0 Å². The van der Waals surface area contributed by atoms with E-state index in [1.54, 1.807) is 13.2 Å². The van der Waals surface area contributed by atoms with Crippen molar-refractivity contribution >= 4 is 23.2 Å². The van der Waals surface area contributed by atoms with Crippen molar-refractivity contribution in [1.82, 2.24) is 15.2 Å². The Bertz CT molecular complexity index is 605. The third-order valence-electron chi connectivity index (χ3n) is 2.83. The summed E-state index contributed by atoms with van der Waals surface area (Å²) in [4.78, 5) is 4.46. The van der Waals surface area contributed by atoms with E-state index in [2.05, 4.69) is 15.2 Å². The fourth-order valence-electron chi connectivity index (χ4n) is 1.90. The van der Waals surface area contributed by atoms with E-state index in [4.69, 9.17) is 27.9 Å². The Morgan fingerprint density at radius 3 is 2.75 bits per heavy atom. The molecule has 0 unspecified atom stereocenters. The second-order valence-electron chi connectivity index (χ2n) is 4.35. The van der Waals surface area contributed by atoms with Crippen LogP contribution in [0.5, 0.6) is 0 Å². The van der Waals surface area contributed by atoms with E-state index in [-0.39, 0.29) is 0 Å². The van der Waals surface area contributed by atoms with Crippen LogP contribution in [0.3, 0.4) is 0 Å². The summed E-state index contributed by atoms with van der Waals surface area (Å²) < 4.78 is 5.07. The molecule has 0 bridgehead atoms. The Labute approximate surface area is 128 Å². The summed E-state index contributed by atoms with van der Waals surface area (Å²) in [6.45, 7) is 2.49. The van der Waals surface area contributed by atoms with Gasteiger partial charge < -0.3 is 4.74 Å². The van der Waals surface area contributed by atoms with Gasteiger partial charge in [0, 0.05) is 19.3 Å². The second-order valence-corrected chi connectivity index (χ2v) is 5.14. The zero-order chi connectivity index (χ0) is 14.5. The minimum Gasteiger partial charge on any atom is -0.385 e. The van der Waals surface area contributed by atoms with Crippen molar-refractivity contribution in [2.24, 2.45) is 0 Å². The molecule has 4 nitrogen and oxygen atoms in total. The number of aryl methyl sites for hydroxylation is 2. The first-order chi connectivity index (χ1) is 9.63. The van der Waals surface area contributed by atoms with Crippen LogP contribution in [0.25, 0.3) is 11.3 Å². The first-order valence-corrected chi connectivity index (χ1v) is 7.02. The third kappa shape index (κ3) is 3.45. The first kappa shape index (κ1) is 15.2. The second kappa shape index (κ2) is 6.97. The van der Waals surface area contributed by atoms with Gasteiger partial charge in [-0.3, -0.25) is 0 Å². The number of halogens is 2. The number of methoxy groups -OCH3 is 1. The van der Waals surface area contributed by atoms with Crippen LogP contribution in [-0.4, -0.2) is 28.9 Å². The zero-order valence-corrected chi connectivity index (χ0v) is 12.9. The summed E-state index contributed by atoms with van der Waals surface area (Å²) >= 11 is 12.3. The Morgan fingerprint density at radius 1 is 1.20 bits per heavy atom. The molecule has 0 aliphatic rings. The maximum Gasteiger partial charge on any atom is 0.148 e. The van der Waals surface area contributed by atoms with Gasteiger partial charge in [0.05, 0.1) is 15.7 Å². The van der Waals surface area contributed by atoms with Crippen molar-refractivity contribution in [2.75, 3.05) is 13.7 Å². The highest BCUT2D eigenvalue weighted by molar-refractivity contribution is 6.43. The van der Waals surface area contributed by atoms with E-state index >= 15 is 0 Å². The summed E-state index contributed by atoms with van der Waals surface area (Å²) in [5.41, 5.74) is 2.30. The van der Waals surface area contributed by atoms with Crippen molar-refractivity contribution in [1.29, 1.82) is 0 Å². The number of nitrogens with zero attached hydrogens (tertiary/aromatic N) is 3. The molecule has 2 rings (SSSR count). The highest BCUT2D eigenvalue weighted by atomic mass is 35.5. The van der Waals surface area contributed by atoms with Crippen LogP contribution in [0.15, 0.2) is 18.2 Å². The van der Waals surface area contributed by atoms with Crippen LogP contribution in [0.1, 0.15) is 17.9 Å². The van der Waals surface area contributed by atoms with E-state index < -0.39 is 0 Å². The number of rotatable bonds is 5. The fourth-order valence-corrected chi connectivity index (χ4v) is 2.29. The molecular formula is C14H15Cl2N3O.